The molecule has 2 amide bonds. The molecule has 0 aliphatic carbocycles. The van der Waals surface area contributed by atoms with Crippen LogP contribution >= 0.6 is 34.7 Å². The van der Waals surface area contributed by atoms with E-state index in [1.807, 2.05) is 48.7 Å². The highest BCUT2D eigenvalue weighted by Gasteiger charge is 2.35. The first-order valence-corrected chi connectivity index (χ1v) is 14.4. The Morgan fingerprint density at radius 3 is 2.48 bits per heavy atom. The lowest BCUT2D eigenvalue weighted by atomic mass is 9.86. The number of carbonyl (C=O) groups is 2. The number of para-hydroxylation sites is 1. The van der Waals surface area contributed by atoms with Crippen molar-refractivity contribution in [1.82, 2.24) is 5.32 Å². The summed E-state index contributed by atoms with van der Waals surface area (Å²) in [6.45, 7) is 3.72. The number of halogens is 1. The van der Waals surface area contributed by atoms with Gasteiger partial charge in [0.05, 0.1) is 53.3 Å². The van der Waals surface area contributed by atoms with Gasteiger partial charge >= 0.3 is 0 Å². The molecule has 1 aromatic heterocycles. The molecule has 0 fully saturated rings. The third kappa shape index (κ3) is 6.28. The normalized spacial score (nSPS) is 14.8. The smallest absolute Gasteiger partial charge is 0.254 e. The minimum atomic E-state index is -0.582. The number of hydrogen-bond donors (Lipinski definition) is 3. The summed E-state index contributed by atoms with van der Waals surface area (Å²) < 4.78 is 10.6. The molecular formula is C29H27ClN4O4S2. The van der Waals surface area contributed by atoms with Crippen LogP contribution in [0.5, 0.6) is 11.5 Å². The van der Waals surface area contributed by atoms with E-state index in [-0.39, 0.29) is 17.6 Å². The van der Waals surface area contributed by atoms with Crippen molar-refractivity contribution in [2.45, 2.75) is 19.8 Å². The zero-order valence-corrected chi connectivity index (χ0v) is 24.6. The minimum absolute atomic E-state index is 0.00318. The Bertz CT molecular complexity index is 1540. The van der Waals surface area contributed by atoms with Crippen LogP contribution in [0.4, 0.5) is 11.4 Å². The van der Waals surface area contributed by atoms with Crippen molar-refractivity contribution in [3.8, 4) is 17.6 Å². The Morgan fingerprint density at radius 2 is 1.82 bits per heavy atom. The molecule has 40 heavy (non-hydrogen) atoms. The first-order chi connectivity index (χ1) is 19.3. The van der Waals surface area contributed by atoms with Gasteiger partial charge in [0.1, 0.15) is 11.5 Å². The van der Waals surface area contributed by atoms with Crippen LogP contribution in [-0.2, 0) is 9.59 Å². The molecule has 206 valence electrons. The minimum Gasteiger partial charge on any atom is -0.495 e. The summed E-state index contributed by atoms with van der Waals surface area (Å²) in [5, 5.41) is 22.0. The number of aryl methyl sites for hydroxylation is 1. The van der Waals surface area contributed by atoms with E-state index in [2.05, 4.69) is 22.0 Å². The number of ether oxygens (including phenoxy) is 2. The summed E-state index contributed by atoms with van der Waals surface area (Å²) in [5.74, 6) is -0.423. The maximum atomic E-state index is 13.6. The van der Waals surface area contributed by atoms with Crippen LogP contribution < -0.4 is 25.4 Å². The summed E-state index contributed by atoms with van der Waals surface area (Å²) in [7, 11) is 2.96. The number of nitriles is 1. The van der Waals surface area contributed by atoms with Crippen molar-refractivity contribution in [2.24, 2.45) is 0 Å². The fraction of sp³-hybridized carbons (Fsp3) is 0.207. The van der Waals surface area contributed by atoms with Crippen molar-refractivity contribution in [3.05, 3.63) is 91.2 Å². The highest BCUT2D eigenvalue weighted by molar-refractivity contribution is 8.03. The molecule has 1 aliphatic heterocycles. The molecule has 11 heteroatoms. The van der Waals surface area contributed by atoms with Gasteiger partial charge in [-0.2, -0.15) is 5.26 Å². The molecule has 3 aromatic rings. The SMILES string of the molecule is COc1cc(NC(=O)CSC2=C(C#N)C(c3cccs3)C(C(=O)Nc3ccccc3C)=C(C)N2)c(OC)cc1Cl. The van der Waals surface area contributed by atoms with E-state index in [0.29, 0.717) is 49.8 Å². The number of amides is 2. The first kappa shape index (κ1) is 29.1. The zero-order valence-electron chi connectivity index (χ0n) is 22.3. The Morgan fingerprint density at radius 1 is 1.07 bits per heavy atom. The number of anilines is 2. The summed E-state index contributed by atoms with van der Waals surface area (Å²) >= 11 is 8.82. The molecule has 0 bridgehead atoms. The van der Waals surface area contributed by atoms with E-state index >= 15 is 0 Å². The molecule has 1 aliphatic rings. The molecule has 0 saturated heterocycles. The van der Waals surface area contributed by atoms with Crippen molar-refractivity contribution in [3.63, 3.8) is 0 Å². The van der Waals surface area contributed by atoms with E-state index in [1.165, 1.54) is 37.3 Å². The highest BCUT2D eigenvalue weighted by atomic mass is 35.5. The van der Waals surface area contributed by atoms with Crippen molar-refractivity contribution >= 4 is 57.9 Å². The Labute approximate surface area is 246 Å². The molecule has 8 nitrogen and oxygen atoms in total. The maximum Gasteiger partial charge on any atom is 0.254 e. The lowest BCUT2D eigenvalue weighted by molar-refractivity contribution is -0.114. The average Bonchev–Trinajstić information content (AvgIpc) is 3.48. The van der Waals surface area contributed by atoms with Crippen LogP contribution in [0.1, 0.15) is 23.3 Å². The van der Waals surface area contributed by atoms with Crippen LogP contribution in [-0.4, -0.2) is 31.8 Å². The number of methoxy groups -OCH3 is 2. The van der Waals surface area contributed by atoms with Crippen LogP contribution in [0.3, 0.4) is 0 Å². The second kappa shape index (κ2) is 13.0. The largest absolute Gasteiger partial charge is 0.495 e. The first-order valence-electron chi connectivity index (χ1n) is 12.1. The Hall–Kier alpha value is -3.91. The lowest BCUT2D eigenvalue weighted by Gasteiger charge is -2.29. The van der Waals surface area contributed by atoms with Gasteiger partial charge in [0.2, 0.25) is 5.91 Å². The van der Waals surface area contributed by atoms with Crippen LogP contribution in [0, 0.1) is 18.3 Å². The molecule has 3 N–H and O–H groups in total. The lowest BCUT2D eigenvalue weighted by Crippen LogP contribution is -2.31. The number of hydrogen-bond acceptors (Lipinski definition) is 8. The number of thioether (sulfide) groups is 1. The number of rotatable bonds is 9. The number of nitrogens with one attached hydrogen (secondary N) is 3. The Balaban J connectivity index is 1.58. The third-order valence-electron chi connectivity index (χ3n) is 6.21. The fourth-order valence-corrected chi connectivity index (χ4v) is 6.22. The van der Waals surface area contributed by atoms with Gasteiger partial charge in [0.25, 0.3) is 5.91 Å². The summed E-state index contributed by atoms with van der Waals surface area (Å²) in [6, 6.07) is 16.7. The topological polar surface area (TPSA) is 112 Å². The highest BCUT2D eigenvalue weighted by Crippen LogP contribution is 2.43. The van der Waals surface area contributed by atoms with E-state index in [0.717, 1.165) is 10.4 Å². The number of carbonyl (C=O) groups excluding carboxylic acids is 2. The van der Waals surface area contributed by atoms with E-state index < -0.39 is 5.92 Å². The predicted molar refractivity (Wildman–Crippen MR) is 161 cm³/mol. The number of benzene rings is 2. The number of allylic oxidation sites excluding steroid dienone is 2. The van der Waals surface area contributed by atoms with Crippen LogP contribution in [0.15, 0.2) is 75.8 Å². The molecule has 0 radical (unpaired) electrons. The molecule has 2 aromatic carbocycles. The number of nitrogens with zero attached hydrogens (tertiary/aromatic N) is 1. The van der Waals surface area contributed by atoms with Crippen LogP contribution in [0.2, 0.25) is 5.02 Å². The molecule has 4 rings (SSSR count). The molecule has 0 spiro atoms. The maximum absolute atomic E-state index is 13.6. The van der Waals surface area contributed by atoms with Crippen molar-refractivity contribution < 1.29 is 19.1 Å². The van der Waals surface area contributed by atoms with E-state index in [4.69, 9.17) is 21.1 Å². The van der Waals surface area contributed by atoms with Crippen molar-refractivity contribution in [1.29, 1.82) is 5.26 Å². The number of thiophene rings is 1. The molecule has 1 atom stereocenters. The monoisotopic (exact) mass is 594 g/mol. The van der Waals surface area contributed by atoms with Gasteiger partial charge < -0.3 is 25.4 Å². The molecular weight excluding hydrogens is 568 g/mol. The second-order valence-electron chi connectivity index (χ2n) is 8.76. The second-order valence-corrected chi connectivity index (χ2v) is 11.1. The fourth-order valence-electron chi connectivity index (χ4n) is 4.25. The summed E-state index contributed by atoms with van der Waals surface area (Å²) in [6.07, 6.45) is 0. The summed E-state index contributed by atoms with van der Waals surface area (Å²) in [5.41, 5.74) is 3.46. The molecule has 0 saturated carbocycles. The Kier molecular flexibility index (Phi) is 9.42. The quantitative estimate of drug-likeness (QED) is 0.261. The van der Waals surface area contributed by atoms with Crippen LogP contribution in [0.25, 0.3) is 0 Å². The van der Waals surface area contributed by atoms with Gasteiger partial charge in [0, 0.05) is 34.0 Å². The van der Waals surface area contributed by atoms with Gasteiger partial charge in [-0.1, -0.05) is 47.6 Å². The molecule has 1 unspecified atom stereocenters. The van der Waals surface area contributed by atoms with Gasteiger partial charge in [0.15, 0.2) is 0 Å². The van der Waals surface area contributed by atoms with Gasteiger partial charge in [-0.15, -0.1) is 11.3 Å². The predicted octanol–water partition coefficient (Wildman–Crippen LogP) is 6.43. The van der Waals surface area contributed by atoms with Gasteiger partial charge in [-0.05, 0) is 36.9 Å². The third-order valence-corrected chi connectivity index (χ3v) is 8.46. The molecule has 2 heterocycles. The zero-order chi connectivity index (χ0) is 28.8. The van der Waals surface area contributed by atoms with Gasteiger partial charge in [-0.25, -0.2) is 0 Å². The van der Waals surface area contributed by atoms with E-state index in [9.17, 15) is 14.9 Å². The van der Waals surface area contributed by atoms with E-state index in [1.54, 1.807) is 19.1 Å². The van der Waals surface area contributed by atoms with Gasteiger partial charge in [-0.3, -0.25) is 9.59 Å². The van der Waals surface area contributed by atoms with Crippen molar-refractivity contribution in [2.75, 3.05) is 30.6 Å². The average molecular weight is 595 g/mol. The standard InChI is InChI=1S/C29H27ClN4O4S2/c1-16-8-5-6-9-20(16)34-28(36)26-17(2)32-29(18(14-31)27(26)24-10-7-11-39-24)40-15-25(35)33-21-13-22(37-3)19(30)12-23(21)38-4/h5-13,27,32H,15H2,1-4H3,(H,33,35)(H,34,36). The number of dihydropyridines is 1. The summed E-state index contributed by atoms with van der Waals surface area (Å²) in [4.78, 5) is 27.4.